The lowest BCUT2D eigenvalue weighted by Gasteiger charge is -2.05. The molecule has 1 aromatic carbocycles. The third-order valence-corrected chi connectivity index (χ3v) is 1.72. The number of rotatable bonds is 3. The van der Waals surface area contributed by atoms with Gasteiger partial charge in [0.1, 0.15) is 0 Å². The maximum atomic E-state index is 11.2. The van der Waals surface area contributed by atoms with E-state index in [-0.39, 0.29) is 18.4 Å². The minimum Gasteiger partial charge on any atom is -0.465 e. The van der Waals surface area contributed by atoms with E-state index in [9.17, 15) is 4.79 Å². The van der Waals surface area contributed by atoms with E-state index < -0.39 is 0 Å². The second kappa shape index (κ2) is 6.37. The molecule has 0 aliphatic rings. The van der Waals surface area contributed by atoms with Crippen molar-refractivity contribution in [1.29, 1.82) is 0 Å². The fourth-order valence-electron chi connectivity index (χ4n) is 1.09. The van der Waals surface area contributed by atoms with Crippen molar-refractivity contribution < 1.29 is 9.53 Å². The zero-order chi connectivity index (χ0) is 9.68. The number of hydrogen-bond donors (Lipinski definition) is 2. The summed E-state index contributed by atoms with van der Waals surface area (Å²) >= 11 is 0. The lowest BCUT2D eigenvalue weighted by Crippen LogP contribution is -2.22. The maximum Gasteiger partial charge on any atom is 0.338 e. The first-order chi connectivity index (χ1) is 6.29. The van der Waals surface area contributed by atoms with E-state index in [4.69, 9.17) is 5.84 Å². The van der Waals surface area contributed by atoms with E-state index in [0.717, 1.165) is 5.56 Å². The monoisotopic (exact) mass is 216 g/mol. The first-order valence-corrected chi connectivity index (χ1v) is 3.89. The molecular formula is C9H13ClN2O2. The molecule has 0 fully saturated rings. The van der Waals surface area contributed by atoms with Crippen LogP contribution in [0.1, 0.15) is 15.9 Å². The van der Waals surface area contributed by atoms with Crippen LogP contribution in [0.15, 0.2) is 24.3 Å². The van der Waals surface area contributed by atoms with Crippen LogP contribution in [0.3, 0.4) is 0 Å². The van der Waals surface area contributed by atoms with Gasteiger partial charge in [0, 0.05) is 6.54 Å². The van der Waals surface area contributed by atoms with Gasteiger partial charge in [0.2, 0.25) is 0 Å². The molecule has 1 aromatic rings. The molecule has 0 atom stereocenters. The number of ether oxygens (including phenoxy) is 1. The van der Waals surface area contributed by atoms with E-state index in [1.165, 1.54) is 7.11 Å². The minimum atomic E-state index is -0.342. The number of carbonyl (C=O) groups is 1. The van der Waals surface area contributed by atoms with Crippen molar-refractivity contribution in [3.8, 4) is 0 Å². The number of benzene rings is 1. The van der Waals surface area contributed by atoms with Crippen LogP contribution in [0.2, 0.25) is 0 Å². The van der Waals surface area contributed by atoms with Gasteiger partial charge in [0.05, 0.1) is 12.7 Å². The summed E-state index contributed by atoms with van der Waals surface area (Å²) in [5.41, 5.74) is 3.87. The number of esters is 1. The highest BCUT2D eigenvalue weighted by Gasteiger charge is 2.09. The highest BCUT2D eigenvalue weighted by atomic mass is 35.5. The summed E-state index contributed by atoms with van der Waals surface area (Å²) in [7, 11) is 1.36. The maximum absolute atomic E-state index is 11.2. The zero-order valence-electron chi connectivity index (χ0n) is 7.82. The average molecular weight is 217 g/mol. The Morgan fingerprint density at radius 1 is 1.50 bits per heavy atom. The highest BCUT2D eigenvalue weighted by molar-refractivity contribution is 5.90. The van der Waals surface area contributed by atoms with Crippen LogP contribution in [0.5, 0.6) is 0 Å². The van der Waals surface area contributed by atoms with Gasteiger partial charge in [-0.05, 0) is 11.6 Å². The largest absolute Gasteiger partial charge is 0.465 e. The fourth-order valence-corrected chi connectivity index (χ4v) is 1.09. The van der Waals surface area contributed by atoms with E-state index >= 15 is 0 Å². The molecule has 0 unspecified atom stereocenters. The smallest absolute Gasteiger partial charge is 0.338 e. The molecule has 0 saturated carbocycles. The second-order valence-corrected chi connectivity index (χ2v) is 2.53. The molecular weight excluding hydrogens is 204 g/mol. The molecule has 78 valence electrons. The molecule has 14 heavy (non-hydrogen) atoms. The highest BCUT2D eigenvalue weighted by Crippen LogP contribution is 2.09. The van der Waals surface area contributed by atoms with Crippen LogP contribution in [0.25, 0.3) is 0 Å². The second-order valence-electron chi connectivity index (χ2n) is 2.53. The van der Waals surface area contributed by atoms with Crippen molar-refractivity contribution in [3.63, 3.8) is 0 Å². The first kappa shape index (κ1) is 12.9. The SMILES string of the molecule is COC(=O)c1ccccc1CNN.Cl. The Bertz CT molecular complexity index is 305. The lowest BCUT2D eigenvalue weighted by molar-refractivity contribution is 0.0599. The lowest BCUT2D eigenvalue weighted by atomic mass is 10.1. The van der Waals surface area contributed by atoms with Crippen LogP contribution >= 0.6 is 12.4 Å². The van der Waals surface area contributed by atoms with E-state index in [2.05, 4.69) is 10.2 Å². The van der Waals surface area contributed by atoms with Crippen LogP contribution in [-0.4, -0.2) is 13.1 Å². The fraction of sp³-hybridized carbons (Fsp3) is 0.222. The van der Waals surface area contributed by atoms with E-state index in [0.29, 0.717) is 12.1 Å². The van der Waals surface area contributed by atoms with Gasteiger partial charge < -0.3 is 4.74 Å². The summed E-state index contributed by atoms with van der Waals surface area (Å²) in [4.78, 5) is 11.2. The Morgan fingerprint density at radius 2 is 2.14 bits per heavy atom. The van der Waals surface area contributed by atoms with Gasteiger partial charge in [0.15, 0.2) is 0 Å². The van der Waals surface area contributed by atoms with E-state index in [1.807, 2.05) is 12.1 Å². The number of methoxy groups -OCH3 is 1. The van der Waals surface area contributed by atoms with Gasteiger partial charge in [0.25, 0.3) is 0 Å². The molecule has 0 saturated heterocycles. The van der Waals surface area contributed by atoms with Crippen LogP contribution in [0, 0.1) is 0 Å². The molecule has 0 bridgehead atoms. The van der Waals surface area contributed by atoms with Gasteiger partial charge in [-0.15, -0.1) is 12.4 Å². The molecule has 0 spiro atoms. The molecule has 0 aliphatic heterocycles. The summed E-state index contributed by atoms with van der Waals surface area (Å²) in [6.07, 6.45) is 0. The van der Waals surface area contributed by atoms with Gasteiger partial charge >= 0.3 is 5.97 Å². The topological polar surface area (TPSA) is 64.3 Å². The van der Waals surface area contributed by atoms with Gasteiger partial charge in [-0.2, -0.15) is 0 Å². The molecule has 0 amide bonds. The number of hydrazine groups is 1. The molecule has 0 heterocycles. The Labute approximate surface area is 88.8 Å². The van der Waals surface area contributed by atoms with Crippen molar-refractivity contribution in [2.75, 3.05) is 7.11 Å². The third kappa shape index (κ3) is 2.99. The molecule has 1 rings (SSSR count). The Morgan fingerprint density at radius 3 is 2.71 bits per heavy atom. The summed E-state index contributed by atoms with van der Waals surface area (Å²) in [6, 6.07) is 7.16. The number of nitrogens with one attached hydrogen (secondary N) is 1. The van der Waals surface area contributed by atoms with Gasteiger partial charge in [-0.1, -0.05) is 18.2 Å². The van der Waals surface area contributed by atoms with Crippen LogP contribution in [-0.2, 0) is 11.3 Å². The number of carbonyl (C=O) groups excluding carboxylic acids is 1. The number of nitrogens with two attached hydrogens (primary N) is 1. The average Bonchev–Trinajstić information content (AvgIpc) is 2.18. The Balaban J connectivity index is 0.00000169. The normalized spacial score (nSPS) is 9.00. The summed E-state index contributed by atoms with van der Waals surface area (Å²) in [6.45, 7) is 0.450. The molecule has 3 N–H and O–H groups in total. The van der Waals surface area contributed by atoms with Crippen molar-refractivity contribution in [2.24, 2.45) is 5.84 Å². The molecule has 5 heteroatoms. The summed E-state index contributed by atoms with van der Waals surface area (Å²) < 4.78 is 4.62. The van der Waals surface area contributed by atoms with Crippen LogP contribution < -0.4 is 11.3 Å². The summed E-state index contributed by atoms with van der Waals surface area (Å²) in [5.74, 6) is 4.83. The predicted octanol–water partition coefficient (Wildman–Crippen LogP) is 0.858. The Kier molecular flexibility index (Phi) is 5.87. The van der Waals surface area contributed by atoms with Gasteiger partial charge in [-0.25, -0.2) is 4.79 Å². The number of hydrogen-bond acceptors (Lipinski definition) is 4. The minimum absolute atomic E-state index is 0. The van der Waals surface area contributed by atoms with Gasteiger partial charge in [-0.3, -0.25) is 11.3 Å². The van der Waals surface area contributed by atoms with Crippen molar-refractivity contribution in [2.45, 2.75) is 6.54 Å². The zero-order valence-corrected chi connectivity index (χ0v) is 8.64. The molecule has 0 aromatic heterocycles. The molecule has 4 nitrogen and oxygen atoms in total. The standard InChI is InChI=1S/C9H12N2O2.ClH/c1-13-9(12)8-5-3-2-4-7(8)6-11-10;/h2-5,11H,6,10H2,1H3;1H. The van der Waals surface area contributed by atoms with E-state index in [1.54, 1.807) is 12.1 Å². The van der Waals surface area contributed by atoms with Crippen molar-refractivity contribution in [3.05, 3.63) is 35.4 Å². The Hall–Kier alpha value is -1.10. The third-order valence-electron chi connectivity index (χ3n) is 1.72. The molecule has 0 radical (unpaired) electrons. The molecule has 0 aliphatic carbocycles. The van der Waals surface area contributed by atoms with Crippen LogP contribution in [0.4, 0.5) is 0 Å². The quantitative estimate of drug-likeness (QED) is 0.447. The first-order valence-electron chi connectivity index (χ1n) is 3.89. The summed E-state index contributed by atoms with van der Waals surface area (Å²) in [5, 5.41) is 0. The number of halogens is 1. The van der Waals surface area contributed by atoms with Crippen molar-refractivity contribution in [1.82, 2.24) is 5.43 Å². The van der Waals surface area contributed by atoms with Crippen molar-refractivity contribution >= 4 is 18.4 Å². The predicted molar refractivity (Wildman–Crippen MR) is 56.1 cm³/mol.